The Kier molecular flexibility index (Phi) is 6.35. The zero-order valence-electron chi connectivity index (χ0n) is 16.2. The van der Waals surface area contributed by atoms with Crippen molar-refractivity contribution in [2.24, 2.45) is 0 Å². The lowest BCUT2D eigenvalue weighted by Gasteiger charge is -2.37. The molecule has 0 aliphatic carbocycles. The molecule has 1 aliphatic heterocycles. The van der Waals surface area contributed by atoms with E-state index in [9.17, 15) is 4.79 Å². The van der Waals surface area contributed by atoms with Gasteiger partial charge in [-0.1, -0.05) is 37.6 Å². The third-order valence-corrected chi connectivity index (χ3v) is 5.23. The molecule has 27 heavy (non-hydrogen) atoms. The molecule has 0 bridgehead atoms. The van der Waals surface area contributed by atoms with E-state index in [4.69, 9.17) is 10.5 Å². The molecule has 0 spiro atoms. The smallest absolute Gasteiger partial charge is 0.255 e. The Bertz CT molecular complexity index is 791. The first-order valence-corrected chi connectivity index (χ1v) is 9.65. The van der Waals surface area contributed by atoms with Crippen molar-refractivity contribution < 1.29 is 9.53 Å². The first-order chi connectivity index (χ1) is 13.1. The van der Waals surface area contributed by atoms with Gasteiger partial charge in [-0.25, -0.2) is 0 Å². The molecule has 1 heterocycles. The van der Waals surface area contributed by atoms with Crippen LogP contribution in [0, 0.1) is 0 Å². The summed E-state index contributed by atoms with van der Waals surface area (Å²) in [7, 11) is 1.56. The number of benzene rings is 2. The minimum atomic E-state index is -0.145. The van der Waals surface area contributed by atoms with Gasteiger partial charge in [0.05, 0.1) is 12.7 Å². The van der Waals surface area contributed by atoms with Gasteiger partial charge in [0.1, 0.15) is 5.75 Å². The molecule has 5 nitrogen and oxygen atoms in total. The zero-order chi connectivity index (χ0) is 19.2. The van der Waals surface area contributed by atoms with Crippen LogP contribution in [-0.2, 0) is 13.0 Å². The average molecular weight is 367 g/mol. The maximum atomic E-state index is 12.7. The van der Waals surface area contributed by atoms with Crippen LogP contribution in [0.2, 0.25) is 0 Å². The predicted octanol–water partition coefficient (Wildman–Crippen LogP) is 3.23. The number of hydrogen-bond acceptors (Lipinski definition) is 4. The summed E-state index contributed by atoms with van der Waals surface area (Å²) in [5.41, 5.74) is 9.66. The Morgan fingerprint density at radius 3 is 2.78 bits per heavy atom. The Morgan fingerprint density at radius 2 is 2.04 bits per heavy atom. The molecule has 5 heteroatoms. The molecule has 1 aliphatic rings. The lowest BCUT2D eigenvalue weighted by atomic mass is 9.93. The summed E-state index contributed by atoms with van der Waals surface area (Å²) < 4.78 is 5.31. The van der Waals surface area contributed by atoms with Crippen LogP contribution in [0.25, 0.3) is 0 Å². The number of nitrogens with one attached hydrogen (secondary N) is 1. The number of rotatable bonds is 7. The number of ether oxygens (including phenoxy) is 1. The predicted molar refractivity (Wildman–Crippen MR) is 109 cm³/mol. The summed E-state index contributed by atoms with van der Waals surface area (Å²) in [6, 6.07) is 14.0. The number of amides is 1. The molecule has 0 saturated carbocycles. The van der Waals surface area contributed by atoms with E-state index >= 15 is 0 Å². The van der Waals surface area contributed by atoms with E-state index < -0.39 is 0 Å². The largest absolute Gasteiger partial charge is 0.496 e. The van der Waals surface area contributed by atoms with Crippen LogP contribution in [0.5, 0.6) is 5.75 Å². The number of nitrogens with zero attached hydrogens (tertiary/aromatic N) is 1. The second-order valence-corrected chi connectivity index (χ2v) is 7.12. The minimum Gasteiger partial charge on any atom is -0.496 e. The molecule has 0 saturated heterocycles. The molecule has 1 atom stereocenters. The molecule has 0 radical (unpaired) electrons. The lowest BCUT2D eigenvalue weighted by Crippen LogP contribution is -2.47. The van der Waals surface area contributed by atoms with Crippen LogP contribution in [0.15, 0.2) is 42.5 Å². The van der Waals surface area contributed by atoms with Crippen LogP contribution in [-0.4, -0.2) is 37.0 Å². The lowest BCUT2D eigenvalue weighted by molar-refractivity contribution is 0.0921. The van der Waals surface area contributed by atoms with E-state index in [1.807, 2.05) is 0 Å². The highest BCUT2D eigenvalue weighted by atomic mass is 16.5. The molecule has 3 N–H and O–H groups in total. The third-order valence-electron chi connectivity index (χ3n) is 5.23. The quantitative estimate of drug-likeness (QED) is 0.737. The fourth-order valence-corrected chi connectivity index (χ4v) is 3.67. The fraction of sp³-hybridized carbons (Fsp3) is 0.409. The molecule has 2 aromatic rings. The van der Waals surface area contributed by atoms with Gasteiger partial charge in [-0.2, -0.15) is 0 Å². The number of hydrogen-bond donors (Lipinski definition) is 2. The van der Waals surface area contributed by atoms with Crippen molar-refractivity contribution in [2.75, 3.05) is 25.9 Å². The number of methoxy groups -OCH3 is 1. The summed E-state index contributed by atoms with van der Waals surface area (Å²) >= 11 is 0. The number of nitrogens with two attached hydrogens (primary N) is 1. The number of carbonyl (C=O) groups is 1. The molecule has 3 rings (SSSR count). The van der Waals surface area contributed by atoms with E-state index in [0.717, 1.165) is 32.4 Å². The Hall–Kier alpha value is -2.53. The van der Waals surface area contributed by atoms with E-state index in [1.54, 1.807) is 25.3 Å². The highest BCUT2D eigenvalue weighted by molar-refractivity contribution is 5.97. The summed E-state index contributed by atoms with van der Waals surface area (Å²) in [6.07, 6.45) is 3.28. The van der Waals surface area contributed by atoms with Gasteiger partial charge in [0.15, 0.2) is 0 Å². The monoisotopic (exact) mass is 367 g/mol. The Balaban J connectivity index is 1.71. The van der Waals surface area contributed by atoms with E-state index in [2.05, 4.69) is 41.4 Å². The van der Waals surface area contributed by atoms with Crippen molar-refractivity contribution in [1.29, 1.82) is 0 Å². The van der Waals surface area contributed by atoms with Gasteiger partial charge in [-0.05, 0) is 48.7 Å². The minimum absolute atomic E-state index is 0.145. The number of unbranched alkanes of at least 4 members (excludes halogenated alkanes) is 1. The first-order valence-electron chi connectivity index (χ1n) is 9.65. The number of carbonyl (C=O) groups excluding carboxylic acids is 1. The van der Waals surface area contributed by atoms with Gasteiger partial charge in [0.2, 0.25) is 0 Å². The second kappa shape index (κ2) is 8.91. The summed E-state index contributed by atoms with van der Waals surface area (Å²) in [6.45, 7) is 4.81. The van der Waals surface area contributed by atoms with Crippen molar-refractivity contribution >= 4 is 11.6 Å². The van der Waals surface area contributed by atoms with E-state index in [-0.39, 0.29) is 5.91 Å². The molecule has 1 amide bonds. The normalized spacial score (nSPS) is 16.6. The van der Waals surface area contributed by atoms with Crippen LogP contribution in [0.4, 0.5) is 5.69 Å². The topological polar surface area (TPSA) is 67.6 Å². The van der Waals surface area contributed by atoms with Crippen LogP contribution in [0.1, 0.15) is 41.3 Å². The Labute approximate surface area is 161 Å². The average Bonchev–Trinajstić information content (AvgIpc) is 2.70. The number of fused-ring (bicyclic) bond motifs is 1. The highest BCUT2D eigenvalue weighted by Gasteiger charge is 2.26. The highest BCUT2D eigenvalue weighted by Crippen LogP contribution is 2.24. The van der Waals surface area contributed by atoms with Gasteiger partial charge < -0.3 is 15.8 Å². The van der Waals surface area contributed by atoms with Crippen molar-refractivity contribution in [3.63, 3.8) is 0 Å². The molecule has 144 valence electrons. The third kappa shape index (κ3) is 4.61. The van der Waals surface area contributed by atoms with Gasteiger partial charge in [-0.15, -0.1) is 0 Å². The SMILES string of the molecule is CCCCN1Cc2ccccc2C[C@H]1CNC(=O)c1cc(N)ccc1OC. The number of nitrogen functional groups attached to an aromatic ring is 1. The van der Waals surface area contributed by atoms with E-state index in [0.29, 0.717) is 29.6 Å². The van der Waals surface area contributed by atoms with Crippen LogP contribution < -0.4 is 15.8 Å². The zero-order valence-corrected chi connectivity index (χ0v) is 16.2. The molecule has 0 fully saturated rings. The maximum Gasteiger partial charge on any atom is 0.255 e. The van der Waals surface area contributed by atoms with Gasteiger partial charge >= 0.3 is 0 Å². The van der Waals surface area contributed by atoms with Crippen molar-refractivity contribution in [3.8, 4) is 5.75 Å². The van der Waals surface area contributed by atoms with Crippen LogP contribution in [0.3, 0.4) is 0 Å². The molecule has 2 aromatic carbocycles. The van der Waals surface area contributed by atoms with Crippen LogP contribution >= 0.6 is 0 Å². The summed E-state index contributed by atoms with van der Waals surface area (Å²) in [5.74, 6) is 0.395. The number of anilines is 1. The van der Waals surface area contributed by atoms with Gasteiger partial charge in [0.25, 0.3) is 5.91 Å². The van der Waals surface area contributed by atoms with Crippen molar-refractivity contribution in [1.82, 2.24) is 10.2 Å². The summed E-state index contributed by atoms with van der Waals surface area (Å²) in [4.78, 5) is 15.2. The fourth-order valence-electron chi connectivity index (χ4n) is 3.67. The standard InChI is InChI=1S/C22H29N3O2/c1-3-4-11-25-15-17-8-6-5-7-16(17)12-19(25)14-24-22(26)20-13-18(23)9-10-21(20)27-2/h5-10,13,19H,3-4,11-12,14-15,23H2,1-2H3,(H,24,26)/t19-/m0/s1. The maximum absolute atomic E-state index is 12.7. The molecule has 0 aromatic heterocycles. The van der Waals surface area contributed by atoms with Gasteiger partial charge in [0, 0.05) is 24.8 Å². The van der Waals surface area contributed by atoms with Gasteiger partial charge in [-0.3, -0.25) is 9.69 Å². The Morgan fingerprint density at radius 1 is 1.26 bits per heavy atom. The second-order valence-electron chi connectivity index (χ2n) is 7.12. The summed E-state index contributed by atoms with van der Waals surface area (Å²) in [5, 5.41) is 3.09. The first kappa shape index (κ1) is 19.2. The van der Waals surface area contributed by atoms with Crippen molar-refractivity contribution in [3.05, 3.63) is 59.2 Å². The molecular formula is C22H29N3O2. The van der Waals surface area contributed by atoms with Crippen molar-refractivity contribution in [2.45, 2.75) is 38.8 Å². The van der Waals surface area contributed by atoms with E-state index in [1.165, 1.54) is 11.1 Å². The molecule has 0 unspecified atom stereocenters. The molecular weight excluding hydrogens is 338 g/mol.